The zero-order chi connectivity index (χ0) is 14.8. The molecule has 0 spiro atoms. The summed E-state index contributed by atoms with van der Waals surface area (Å²) < 4.78 is 38.8. The van der Waals surface area contributed by atoms with Gasteiger partial charge in [-0.05, 0) is 37.6 Å². The van der Waals surface area contributed by atoms with Crippen LogP contribution in [0.5, 0.6) is 0 Å². The molecule has 2 nitrogen and oxygen atoms in total. The van der Waals surface area contributed by atoms with Gasteiger partial charge < -0.3 is 10.2 Å². The van der Waals surface area contributed by atoms with Gasteiger partial charge in [0, 0.05) is 29.3 Å². The van der Waals surface area contributed by atoms with Gasteiger partial charge in [-0.25, -0.2) is 0 Å². The van der Waals surface area contributed by atoms with E-state index in [1.165, 1.54) is 12.1 Å². The number of anilines is 1. The van der Waals surface area contributed by atoms with E-state index >= 15 is 0 Å². The number of benzene rings is 1. The summed E-state index contributed by atoms with van der Waals surface area (Å²) in [5, 5.41) is 3.39. The molecule has 1 aliphatic heterocycles. The van der Waals surface area contributed by atoms with Gasteiger partial charge in [-0.2, -0.15) is 13.2 Å². The first-order chi connectivity index (χ1) is 9.41. The molecule has 6 heteroatoms. The van der Waals surface area contributed by atoms with Gasteiger partial charge >= 0.3 is 6.18 Å². The molecule has 112 valence electrons. The number of nitrogens with one attached hydrogen (secondary N) is 1. The summed E-state index contributed by atoms with van der Waals surface area (Å²) in [6, 6.07) is 4.94. The lowest BCUT2D eigenvalue weighted by molar-refractivity contribution is -0.138. The zero-order valence-corrected chi connectivity index (χ0v) is 12.9. The Morgan fingerprint density at radius 3 is 2.50 bits per heavy atom. The summed E-state index contributed by atoms with van der Waals surface area (Å²) in [6.07, 6.45) is -2.40. The third-order valence-corrected chi connectivity index (χ3v) is 4.30. The Bertz CT molecular complexity index is 454. The van der Waals surface area contributed by atoms with E-state index in [2.05, 4.69) is 28.2 Å². The molecule has 0 atom stereocenters. The van der Waals surface area contributed by atoms with Crippen LogP contribution in [0.1, 0.15) is 25.3 Å². The van der Waals surface area contributed by atoms with Crippen molar-refractivity contribution in [2.45, 2.75) is 32.0 Å². The molecule has 1 fully saturated rings. The summed E-state index contributed by atoms with van der Waals surface area (Å²) in [5.74, 6) is 0. The Balaban J connectivity index is 2.11. The minimum atomic E-state index is -4.32. The van der Waals surface area contributed by atoms with Crippen LogP contribution in [0.15, 0.2) is 22.7 Å². The molecule has 1 heterocycles. The number of piperidine rings is 1. The molecule has 1 saturated heterocycles. The molecule has 1 N–H and O–H groups in total. The van der Waals surface area contributed by atoms with Crippen LogP contribution in [0.2, 0.25) is 0 Å². The van der Waals surface area contributed by atoms with Crippen LogP contribution in [0.4, 0.5) is 18.9 Å². The van der Waals surface area contributed by atoms with Crippen molar-refractivity contribution in [3.05, 3.63) is 28.2 Å². The molecule has 0 unspecified atom stereocenters. The molecular weight excluding hydrogens is 333 g/mol. The van der Waals surface area contributed by atoms with E-state index in [1.54, 1.807) is 6.07 Å². The highest BCUT2D eigenvalue weighted by Gasteiger charge is 2.33. The van der Waals surface area contributed by atoms with Gasteiger partial charge in [0.05, 0.1) is 5.56 Å². The second-order valence-electron chi connectivity index (χ2n) is 4.98. The van der Waals surface area contributed by atoms with Crippen molar-refractivity contribution < 1.29 is 13.2 Å². The van der Waals surface area contributed by atoms with Crippen molar-refractivity contribution in [2.24, 2.45) is 0 Å². The Morgan fingerprint density at radius 2 is 1.95 bits per heavy atom. The third-order valence-electron chi connectivity index (χ3n) is 3.61. The molecule has 0 saturated carbocycles. The van der Waals surface area contributed by atoms with Crippen molar-refractivity contribution >= 4 is 21.6 Å². The second kappa shape index (κ2) is 6.35. The van der Waals surface area contributed by atoms with Crippen molar-refractivity contribution in [1.29, 1.82) is 0 Å². The fourth-order valence-electron chi connectivity index (χ4n) is 2.56. The first-order valence-electron chi connectivity index (χ1n) is 6.77. The fraction of sp³-hybridized carbons (Fsp3) is 0.571. The molecule has 1 aromatic carbocycles. The number of nitrogens with zero attached hydrogens (tertiary/aromatic N) is 1. The normalized spacial score (nSPS) is 17.6. The van der Waals surface area contributed by atoms with E-state index in [-0.39, 0.29) is 4.47 Å². The highest BCUT2D eigenvalue weighted by molar-refractivity contribution is 9.10. The fourth-order valence-corrected chi connectivity index (χ4v) is 3.03. The monoisotopic (exact) mass is 350 g/mol. The van der Waals surface area contributed by atoms with Crippen LogP contribution in [-0.2, 0) is 6.18 Å². The van der Waals surface area contributed by atoms with E-state index in [0.29, 0.717) is 11.7 Å². The van der Waals surface area contributed by atoms with Gasteiger partial charge in [-0.15, -0.1) is 0 Å². The highest BCUT2D eigenvalue weighted by Crippen LogP contribution is 2.37. The molecule has 0 aliphatic carbocycles. The Morgan fingerprint density at radius 1 is 1.30 bits per heavy atom. The van der Waals surface area contributed by atoms with Crippen LogP contribution in [0.25, 0.3) is 0 Å². The van der Waals surface area contributed by atoms with Crippen LogP contribution < -0.4 is 10.2 Å². The largest absolute Gasteiger partial charge is 0.417 e. The van der Waals surface area contributed by atoms with Gasteiger partial charge in [0.2, 0.25) is 0 Å². The average Bonchev–Trinajstić information content (AvgIpc) is 2.39. The Kier molecular flexibility index (Phi) is 4.96. The van der Waals surface area contributed by atoms with Crippen molar-refractivity contribution in [3.8, 4) is 0 Å². The quantitative estimate of drug-likeness (QED) is 0.884. The minimum Gasteiger partial charge on any atom is -0.371 e. The van der Waals surface area contributed by atoms with Crippen LogP contribution in [0.3, 0.4) is 0 Å². The first-order valence-corrected chi connectivity index (χ1v) is 7.56. The van der Waals surface area contributed by atoms with Crippen LogP contribution in [0, 0.1) is 0 Å². The maximum atomic E-state index is 12.9. The van der Waals surface area contributed by atoms with E-state index in [4.69, 9.17) is 0 Å². The average molecular weight is 351 g/mol. The Labute approximate surface area is 125 Å². The summed E-state index contributed by atoms with van der Waals surface area (Å²) in [4.78, 5) is 2.02. The van der Waals surface area contributed by atoms with Gasteiger partial charge in [-0.1, -0.05) is 22.9 Å². The lowest BCUT2D eigenvalue weighted by Crippen LogP contribution is -2.42. The van der Waals surface area contributed by atoms with E-state index in [1.807, 2.05) is 4.90 Å². The molecule has 20 heavy (non-hydrogen) atoms. The minimum absolute atomic E-state index is 0.0938. The van der Waals surface area contributed by atoms with E-state index in [0.717, 1.165) is 32.5 Å². The predicted octanol–water partition coefficient (Wildman–Crippen LogP) is 4.05. The van der Waals surface area contributed by atoms with Crippen molar-refractivity contribution in [1.82, 2.24) is 5.32 Å². The molecule has 0 radical (unpaired) electrons. The second-order valence-corrected chi connectivity index (χ2v) is 5.84. The van der Waals surface area contributed by atoms with Gasteiger partial charge in [-0.3, -0.25) is 0 Å². The maximum Gasteiger partial charge on any atom is 0.417 e. The number of hydrogen-bond donors (Lipinski definition) is 1. The lowest BCUT2D eigenvalue weighted by atomic mass is 10.0. The zero-order valence-electron chi connectivity index (χ0n) is 11.3. The first kappa shape index (κ1) is 15.6. The molecule has 1 aliphatic rings. The molecule has 0 bridgehead atoms. The maximum absolute atomic E-state index is 12.9. The van der Waals surface area contributed by atoms with Gasteiger partial charge in [0.25, 0.3) is 0 Å². The summed E-state index contributed by atoms with van der Waals surface area (Å²) >= 11 is 2.97. The Hall–Kier alpha value is -0.750. The number of alkyl halides is 3. The summed E-state index contributed by atoms with van der Waals surface area (Å²) in [5.41, 5.74) is 0.0410. The SMILES string of the molecule is CCNC1CCN(c2ccc(Br)c(C(F)(F)F)c2)CC1. The van der Waals surface area contributed by atoms with Gasteiger partial charge in [0.1, 0.15) is 0 Å². The number of halogens is 4. The standard InChI is InChI=1S/C14H18BrF3N2/c1-2-19-10-5-7-20(8-6-10)11-3-4-13(15)12(9-11)14(16,17)18/h3-4,9-10,19H,2,5-8H2,1H3. The van der Waals surface area contributed by atoms with Crippen LogP contribution in [-0.4, -0.2) is 25.7 Å². The molecule has 0 amide bonds. The van der Waals surface area contributed by atoms with E-state index < -0.39 is 11.7 Å². The number of hydrogen-bond acceptors (Lipinski definition) is 2. The van der Waals surface area contributed by atoms with Crippen LogP contribution >= 0.6 is 15.9 Å². The summed E-state index contributed by atoms with van der Waals surface area (Å²) in [6.45, 7) is 4.57. The third kappa shape index (κ3) is 3.67. The predicted molar refractivity (Wildman–Crippen MR) is 78.1 cm³/mol. The van der Waals surface area contributed by atoms with E-state index in [9.17, 15) is 13.2 Å². The molecular formula is C14H18BrF3N2. The topological polar surface area (TPSA) is 15.3 Å². The van der Waals surface area contributed by atoms with Crippen molar-refractivity contribution in [2.75, 3.05) is 24.5 Å². The number of rotatable bonds is 3. The smallest absolute Gasteiger partial charge is 0.371 e. The van der Waals surface area contributed by atoms with Gasteiger partial charge in [0.15, 0.2) is 0 Å². The summed E-state index contributed by atoms with van der Waals surface area (Å²) in [7, 11) is 0. The molecule has 2 rings (SSSR count). The lowest BCUT2D eigenvalue weighted by Gasteiger charge is -2.34. The highest BCUT2D eigenvalue weighted by atomic mass is 79.9. The molecule has 1 aromatic rings. The molecule has 0 aromatic heterocycles. The van der Waals surface area contributed by atoms with Crippen molar-refractivity contribution in [3.63, 3.8) is 0 Å².